The normalized spacial score (nSPS) is 35.3. The first kappa shape index (κ1) is 12.6. The first-order valence-electron chi connectivity index (χ1n) is 6.28. The lowest BCUT2D eigenvalue weighted by Crippen LogP contribution is -2.57. The van der Waals surface area contributed by atoms with Gasteiger partial charge in [0.2, 0.25) is 0 Å². The summed E-state index contributed by atoms with van der Waals surface area (Å²) in [7, 11) is -0.990. The van der Waals surface area contributed by atoms with Crippen molar-refractivity contribution >= 4 is 22.6 Å². The summed E-state index contributed by atoms with van der Waals surface area (Å²) in [6.07, 6.45) is 1.59. The second-order valence-corrected chi connectivity index (χ2v) is 7.40. The largest absolute Gasteiger partial charge is 0.328 e. The molecule has 1 unspecified atom stereocenters. The maximum atomic E-state index is 12.7. The number of benzene rings is 1. The standard InChI is InChI=1S/C13H17ClN2OS/c1-2-16-8-9-3-4-10(14)5-12(9)13(18(16)17)6-11(15)7-13/h3-5,11H,2,6-8,15H2,1H3. The fraction of sp³-hybridized carbons (Fsp3) is 0.538. The van der Waals surface area contributed by atoms with Gasteiger partial charge in [-0.05, 0) is 36.1 Å². The van der Waals surface area contributed by atoms with Gasteiger partial charge in [-0.15, -0.1) is 0 Å². The molecule has 0 saturated heterocycles. The lowest BCUT2D eigenvalue weighted by atomic mass is 9.73. The molecule has 18 heavy (non-hydrogen) atoms. The molecule has 1 aliphatic carbocycles. The van der Waals surface area contributed by atoms with E-state index in [0.29, 0.717) is 0 Å². The molecule has 0 radical (unpaired) electrons. The van der Waals surface area contributed by atoms with Crippen LogP contribution in [0.5, 0.6) is 0 Å². The fourth-order valence-corrected chi connectivity index (χ4v) is 5.33. The number of halogens is 1. The van der Waals surface area contributed by atoms with Crippen molar-refractivity contribution in [2.24, 2.45) is 5.73 Å². The molecule has 98 valence electrons. The SMILES string of the molecule is CCN1Cc2ccc(Cl)cc2C2(CC(N)C2)S1=O. The van der Waals surface area contributed by atoms with Crippen molar-refractivity contribution in [2.45, 2.75) is 37.1 Å². The van der Waals surface area contributed by atoms with Crippen LogP contribution in [0.4, 0.5) is 0 Å². The summed E-state index contributed by atoms with van der Waals surface area (Å²) in [6.45, 7) is 3.59. The number of rotatable bonds is 1. The average molecular weight is 285 g/mol. The van der Waals surface area contributed by atoms with E-state index in [-0.39, 0.29) is 10.8 Å². The van der Waals surface area contributed by atoms with Crippen molar-refractivity contribution in [1.82, 2.24) is 4.31 Å². The Morgan fingerprint density at radius 3 is 2.89 bits per heavy atom. The van der Waals surface area contributed by atoms with Gasteiger partial charge in [0.1, 0.15) is 11.0 Å². The van der Waals surface area contributed by atoms with Crippen LogP contribution in [-0.4, -0.2) is 21.1 Å². The molecule has 5 heteroatoms. The highest BCUT2D eigenvalue weighted by atomic mass is 35.5. The third kappa shape index (κ3) is 1.67. The Labute approximate surface area is 115 Å². The molecule has 3 rings (SSSR count). The van der Waals surface area contributed by atoms with Crippen molar-refractivity contribution in [3.05, 3.63) is 34.3 Å². The van der Waals surface area contributed by atoms with E-state index < -0.39 is 11.0 Å². The van der Waals surface area contributed by atoms with Gasteiger partial charge in [0, 0.05) is 24.2 Å². The smallest absolute Gasteiger partial charge is 0.106 e. The van der Waals surface area contributed by atoms with Gasteiger partial charge in [-0.1, -0.05) is 24.6 Å². The molecule has 1 aliphatic heterocycles. The molecule has 0 bridgehead atoms. The van der Waals surface area contributed by atoms with Gasteiger partial charge in [0.05, 0.1) is 4.75 Å². The van der Waals surface area contributed by atoms with Crippen LogP contribution in [-0.2, 0) is 22.3 Å². The van der Waals surface area contributed by atoms with Crippen molar-refractivity contribution in [1.29, 1.82) is 0 Å². The number of hydrogen-bond acceptors (Lipinski definition) is 2. The Morgan fingerprint density at radius 1 is 1.56 bits per heavy atom. The van der Waals surface area contributed by atoms with Crippen LogP contribution < -0.4 is 5.73 Å². The van der Waals surface area contributed by atoms with E-state index in [0.717, 1.165) is 36.5 Å². The van der Waals surface area contributed by atoms with Crippen LogP contribution in [0.25, 0.3) is 0 Å². The molecule has 1 aromatic rings. The Morgan fingerprint density at radius 2 is 2.28 bits per heavy atom. The monoisotopic (exact) mass is 284 g/mol. The van der Waals surface area contributed by atoms with Crippen LogP contribution in [0, 0.1) is 0 Å². The lowest BCUT2D eigenvalue weighted by Gasteiger charge is -2.51. The van der Waals surface area contributed by atoms with Crippen LogP contribution in [0.3, 0.4) is 0 Å². The van der Waals surface area contributed by atoms with Gasteiger partial charge in [0.25, 0.3) is 0 Å². The molecule has 0 aromatic heterocycles. The van der Waals surface area contributed by atoms with Gasteiger partial charge in [-0.25, -0.2) is 8.51 Å². The second-order valence-electron chi connectivity index (χ2n) is 5.17. The van der Waals surface area contributed by atoms with Crippen molar-refractivity contribution in [3.8, 4) is 0 Å². The van der Waals surface area contributed by atoms with Gasteiger partial charge in [-0.3, -0.25) is 0 Å². The highest BCUT2D eigenvalue weighted by molar-refractivity contribution is 7.83. The lowest BCUT2D eigenvalue weighted by molar-refractivity contribution is 0.272. The summed E-state index contributed by atoms with van der Waals surface area (Å²) in [6, 6.07) is 6.11. The molecule has 1 spiro atoms. The first-order chi connectivity index (χ1) is 8.56. The van der Waals surface area contributed by atoms with Crippen LogP contribution >= 0.6 is 11.6 Å². The van der Waals surface area contributed by atoms with Gasteiger partial charge in [0.15, 0.2) is 0 Å². The number of nitrogens with zero attached hydrogens (tertiary/aromatic N) is 1. The number of fused-ring (bicyclic) bond motifs is 2. The molecule has 1 aromatic carbocycles. The zero-order valence-electron chi connectivity index (χ0n) is 10.4. The van der Waals surface area contributed by atoms with Crippen LogP contribution in [0.1, 0.15) is 30.9 Å². The van der Waals surface area contributed by atoms with Gasteiger partial charge < -0.3 is 5.73 Å². The molecule has 3 nitrogen and oxygen atoms in total. The van der Waals surface area contributed by atoms with E-state index in [4.69, 9.17) is 17.3 Å². The van der Waals surface area contributed by atoms with Crippen molar-refractivity contribution < 1.29 is 4.21 Å². The molecular weight excluding hydrogens is 268 g/mol. The molecule has 1 fully saturated rings. The minimum atomic E-state index is -0.990. The molecule has 1 atom stereocenters. The minimum Gasteiger partial charge on any atom is -0.328 e. The van der Waals surface area contributed by atoms with Gasteiger partial charge >= 0.3 is 0 Å². The topological polar surface area (TPSA) is 46.3 Å². The summed E-state index contributed by atoms with van der Waals surface area (Å²) >= 11 is 6.10. The van der Waals surface area contributed by atoms with Crippen LogP contribution in [0.2, 0.25) is 5.02 Å². The van der Waals surface area contributed by atoms with E-state index in [2.05, 4.69) is 6.07 Å². The minimum absolute atomic E-state index is 0.164. The fourth-order valence-electron chi connectivity index (χ4n) is 3.08. The summed E-state index contributed by atoms with van der Waals surface area (Å²) in [5.74, 6) is 0. The molecule has 0 amide bonds. The van der Waals surface area contributed by atoms with E-state index in [1.165, 1.54) is 5.56 Å². The summed E-state index contributed by atoms with van der Waals surface area (Å²) in [5, 5.41) is 0.718. The Bertz CT molecular complexity index is 514. The molecule has 2 aliphatic rings. The van der Waals surface area contributed by atoms with Crippen molar-refractivity contribution in [3.63, 3.8) is 0 Å². The van der Waals surface area contributed by atoms with E-state index in [1.807, 2.05) is 23.4 Å². The zero-order valence-corrected chi connectivity index (χ0v) is 11.9. The quantitative estimate of drug-likeness (QED) is 0.859. The third-order valence-corrected chi connectivity index (χ3v) is 6.33. The molecular formula is C13H17ClN2OS. The summed E-state index contributed by atoms with van der Waals surface area (Å²) in [4.78, 5) is 0. The summed E-state index contributed by atoms with van der Waals surface area (Å²) in [5.41, 5.74) is 8.34. The Kier molecular flexibility index (Phi) is 3.01. The number of hydrogen-bond donors (Lipinski definition) is 1. The molecule has 2 N–H and O–H groups in total. The number of nitrogens with two attached hydrogens (primary N) is 1. The maximum absolute atomic E-state index is 12.7. The maximum Gasteiger partial charge on any atom is 0.106 e. The summed E-state index contributed by atoms with van der Waals surface area (Å²) < 4.78 is 14.5. The van der Waals surface area contributed by atoms with Crippen molar-refractivity contribution in [2.75, 3.05) is 6.54 Å². The zero-order chi connectivity index (χ0) is 12.9. The Balaban J connectivity index is 2.12. The predicted octanol–water partition coefficient (Wildman–Crippen LogP) is 2.16. The molecule has 1 heterocycles. The van der Waals surface area contributed by atoms with E-state index in [1.54, 1.807) is 0 Å². The first-order valence-corrected chi connectivity index (χ1v) is 7.77. The van der Waals surface area contributed by atoms with E-state index in [9.17, 15) is 4.21 Å². The predicted molar refractivity (Wildman–Crippen MR) is 74.6 cm³/mol. The Hall–Kier alpha value is -0.420. The average Bonchev–Trinajstić information content (AvgIpc) is 2.31. The highest BCUT2D eigenvalue weighted by Crippen LogP contribution is 2.51. The second kappa shape index (κ2) is 4.30. The van der Waals surface area contributed by atoms with Gasteiger partial charge in [-0.2, -0.15) is 0 Å². The third-order valence-electron chi connectivity index (χ3n) is 4.01. The van der Waals surface area contributed by atoms with E-state index >= 15 is 0 Å². The van der Waals surface area contributed by atoms with Crippen LogP contribution in [0.15, 0.2) is 18.2 Å². The molecule has 1 saturated carbocycles. The highest BCUT2D eigenvalue weighted by Gasteiger charge is 2.53.